The summed E-state index contributed by atoms with van der Waals surface area (Å²) >= 11 is 0. The molecule has 1 saturated carbocycles. The van der Waals surface area contributed by atoms with Crippen LogP contribution >= 0.6 is 0 Å². The first-order valence-electron chi connectivity index (χ1n) is 11.7. The molecule has 2 bridgehead atoms. The predicted octanol–water partition coefficient (Wildman–Crippen LogP) is 2.69. The summed E-state index contributed by atoms with van der Waals surface area (Å²) in [5, 5.41) is 33.9. The van der Waals surface area contributed by atoms with Crippen molar-refractivity contribution in [3.8, 4) is 0 Å². The second kappa shape index (κ2) is 8.26. The molecule has 0 heterocycles. The largest absolute Gasteiger partial charge is 0.438 e. The molecule has 180 valence electrons. The number of aliphatic hydroxyl groups is 3. The average molecular weight is 450 g/mol. The van der Waals surface area contributed by atoms with E-state index < -0.39 is 47.3 Å². The number of nitrogens with zero attached hydrogens (tertiary/aromatic N) is 1. The van der Waals surface area contributed by atoms with Crippen molar-refractivity contribution in [3.05, 3.63) is 23.3 Å². The third-order valence-electron chi connectivity index (χ3n) is 8.75. The van der Waals surface area contributed by atoms with Crippen LogP contribution in [0.2, 0.25) is 0 Å². The lowest BCUT2D eigenvalue weighted by Gasteiger charge is -2.48. The molecule has 3 aliphatic rings. The summed E-state index contributed by atoms with van der Waals surface area (Å²) in [5.41, 5.74) is -3.27. The number of hydrogen-bond donors (Lipinski definition) is 3. The Labute approximate surface area is 191 Å². The van der Waals surface area contributed by atoms with E-state index in [1.807, 2.05) is 34.6 Å². The minimum absolute atomic E-state index is 0.146. The monoisotopic (exact) mass is 449 g/mol. The Morgan fingerprint density at radius 2 is 1.81 bits per heavy atom. The van der Waals surface area contributed by atoms with Gasteiger partial charge in [0.25, 0.3) is 0 Å². The van der Waals surface area contributed by atoms with Gasteiger partial charge >= 0.3 is 6.09 Å². The second-order valence-corrected chi connectivity index (χ2v) is 10.5. The van der Waals surface area contributed by atoms with E-state index in [2.05, 4.69) is 6.92 Å². The molecule has 7 atom stereocenters. The van der Waals surface area contributed by atoms with E-state index in [4.69, 9.17) is 4.74 Å². The fourth-order valence-electron chi connectivity index (χ4n) is 6.31. The van der Waals surface area contributed by atoms with Gasteiger partial charge in [-0.05, 0) is 55.6 Å². The lowest BCUT2D eigenvalue weighted by molar-refractivity contribution is -0.190. The number of carbonyl (C=O) groups excluding carboxylic acids is 2. The predicted molar refractivity (Wildman–Crippen MR) is 121 cm³/mol. The minimum atomic E-state index is -2.11. The van der Waals surface area contributed by atoms with Crippen molar-refractivity contribution in [1.29, 1.82) is 0 Å². The van der Waals surface area contributed by atoms with Crippen LogP contribution in [-0.4, -0.2) is 69.6 Å². The van der Waals surface area contributed by atoms with Crippen molar-refractivity contribution in [2.45, 2.75) is 72.7 Å². The molecule has 0 unspecified atom stereocenters. The lowest BCUT2D eigenvalue weighted by atomic mass is 9.59. The number of allylic oxidation sites excluding steroid dienone is 1. The first kappa shape index (κ1) is 24.9. The van der Waals surface area contributed by atoms with Gasteiger partial charge in [-0.25, -0.2) is 4.79 Å². The molecule has 7 nitrogen and oxygen atoms in total. The number of ether oxygens (including phenoxy) is 1. The van der Waals surface area contributed by atoms with Gasteiger partial charge in [-0.3, -0.25) is 4.79 Å². The minimum Gasteiger partial charge on any atom is -0.438 e. The SMILES string of the molecule is CCN(CC)C(=O)O[C@H]1C(C)=C[C@]23C(=O)[C@@H](C=C(CO)[C@@H](O)[C@]12O)C(C)(C)[C@@H](C)C[C@H]3C. The van der Waals surface area contributed by atoms with E-state index in [9.17, 15) is 24.9 Å². The third kappa shape index (κ3) is 3.11. The van der Waals surface area contributed by atoms with Gasteiger partial charge in [0, 0.05) is 19.0 Å². The van der Waals surface area contributed by atoms with Gasteiger partial charge in [0.05, 0.1) is 12.0 Å². The van der Waals surface area contributed by atoms with Gasteiger partial charge in [0.1, 0.15) is 6.10 Å². The van der Waals surface area contributed by atoms with Crippen molar-refractivity contribution in [1.82, 2.24) is 4.90 Å². The fraction of sp³-hybridized carbons (Fsp3) is 0.760. The Kier molecular flexibility index (Phi) is 6.44. The fourth-order valence-corrected chi connectivity index (χ4v) is 6.31. The zero-order chi connectivity index (χ0) is 24.2. The summed E-state index contributed by atoms with van der Waals surface area (Å²) in [5.74, 6) is -0.959. The van der Waals surface area contributed by atoms with E-state index in [1.54, 1.807) is 19.1 Å². The van der Waals surface area contributed by atoms with Crippen molar-refractivity contribution >= 4 is 11.9 Å². The van der Waals surface area contributed by atoms with Crippen molar-refractivity contribution in [3.63, 3.8) is 0 Å². The molecule has 0 saturated heterocycles. The van der Waals surface area contributed by atoms with Gasteiger partial charge in [-0.2, -0.15) is 0 Å². The Balaban J connectivity index is 2.25. The molecule has 3 rings (SSSR count). The summed E-state index contributed by atoms with van der Waals surface area (Å²) < 4.78 is 5.81. The molecular formula is C25H39NO6. The number of fused-ring (bicyclic) bond motifs is 1. The number of aliphatic hydroxyl groups excluding tert-OH is 2. The summed E-state index contributed by atoms with van der Waals surface area (Å²) in [7, 11) is 0. The van der Waals surface area contributed by atoms with Crippen LogP contribution in [0.15, 0.2) is 23.3 Å². The first-order chi connectivity index (χ1) is 14.8. The number of ketones is 1. The molecule has 1 amide bonds. The van der Waals surface area contributed by atoms with Gasteiger partial charge in [0.15, 0.2) is 17.5 Å². The molecule has 1 spiro atoms. The maximum atomic E-state index is 14.3. The first-order valence-corrected chi connectivity index (χ1v) is 11.7. The van der Waals surface area contributed by atoms with Crippen LogP contribution in [0, 0.1) is 28.6 Å². The standard InChI is InChI=1S/C25H39NO6/c1-8-26(9-2)22(30)32-21-14(3)12-24-16(5)10-15(4)23(6,7)18(20(24)29)11-17(13-27)19(28)25(21,24)31/h11-12,15-16,18-19,21,27-28,31H,8-10,13H2,1-7H3/t15-,16+,18+,19+,21-,24-,25-/m0/s1. The zero-order valence-corrected chi connectivity index (χ0v) is 20.4. The molecule has 0 radical (unpaired) electrons. The highest BCUT2D eigenvalue weighted by atomic mass is 16.6. The van der Waals surface area contributed by atoms with Gasteiger partial charge in [-0.15, -0.1) is 0 Å². The molecule has 1 fully saturated rings. The second-order valence-electron chi connectivity index (χ2n) is 10.5. The lowest BCUT2D eigenvalue weighted by Crippen LogP contribution is -2.66. The van der Waals surface area contributed by atoms with Crippen LogP contribution < -0.4 is 0 Å². The molecule has 3 N–H and O–H groups in total. The van der Waals surface area contributed by atoms with Crippen LogP contribution in [0.1, 0.15) is 54.9 Å². The van der Waals surface area contributed by atoms with Crippen LogP contribution in [0.4, 0.5) is 4.79 Å². The van der Waals surface area contributed by atoms with Crippen molar-refractivity contribution in [2.75, 3.05) is 19.7 Å². The number of hydrogen-bond acceptors (Lipinski definition) is 6. The van der Waals surface area contributed by atoms with E-state index in [0.717, 1.165) is 0 Å². The summed E-state index contributed by atoms with van der Waals surface area (Å²) in [6.07, 6.45) is 0.666. The molecule has 0 aromatic heterocycles. The smallest absolute Gasteiger partial charge is 0.410 e. The summed E-state index contributed by atoms with van der Waals surface area (Å²) in [6.45, 7) is 13.8. The van der Waals surface area contributed by atoms with Crippen LogP contribution in [0.3, 0.4) is 0 Å². The highest BCUT2D eigenvalue weighted by Gasteiger charge is 2.73. The Morgan fingerprint density at radius 1 is 1.22 bits per heavy atom. The molecule has 32 heavy (non-hydrogen) atoms. The number of rotatable bonds is 4. The highest BCUT2D eigenvalue weighted by Crippen LogP contribution is 2.62. The normalized spacial score (nSPS) is 40.6. The maximum absolute atomic E-state index is 14.3. The third-order valence-corrected chi connectivity index (χ3v) is 8.75. The van der Waals surface area contributed by atoms with Gasteiger partial charge < -0.3 is 25.0 Å². The quantitative estimate of drug-likeness (QED) is 0.570. The highest BCUT2D eigenvalue weighted by molar-refractivity contribution is 5.95. The Morgan fingerprint density at radius 3 is 2.34 bits per heavy atom. The molecule has 0 aromatic carbocycles. The molecule has 0 aliphatic heterocycles. The van der Waals surface area contributed by atoms with Crippen LogP contribution in [0.5, 0.6) is 0 Å². The topological polar surface area (TPSA) is 107 Å². The van der Waals surface area contributed by atoms with Crippen molar-refractivity contribution < 1.29 is 29.6 Å². The zero-order valence-electron chi connectivity index (χ0n) is 20.4. The Bertz CT molecular complexity index is 843. The maximum Gasteiger partial charge on any atom is 0.410 e. The Hall–Kier alpha value is -1.70. The van der Waals surface area contributed by atoms with Crippen molar-refractivity contribution in [2.24, 2.45) is 28.6 Å². The van der Waals surface area contributed by atoms with E-state index in [-0.39, 0.29) is 23.2 Å². The van der Waals surface area contributed by atoms with E-state index in [0.29, 0.717) is 25.1 Å². The molecule has 3 aliphatic carbocycles. The van der Waals surface area contributed by atoms with E-state index in [1.165, 1.54) is 4.90 Å². The van der Waals surface area contributed by atoms with Crippen LogP contribution in [-0.2, 0) is 9.53 Å². The number of Topliss-reactive ketones (excluding diaryl/α,β-unsaturated/α-hetero) is 1. The molecule has 7 heteroatoms. The average Bonchev–Trinajstić information content (AvgIpc) is 2.90. The number of amides is 1. The molecule has 0 aromatic rings. The van der Waals surface area contributed by atoms with Gasteiger partial charge in [0.2, 0.25) is 0 Å². The molecular weight excluding hydrogens is 410 g/mol. The summed E-state index contributed by atoms with van der Waals surface area (Å²) in [6, 6.07) is 0. The van der Waals surface area contributed by atoms with Crippen LogP contribution in [0.25, 0.3) is 0 Å². The number of carbonyl (C=O) groups is 2. The van der Waals surface area contributed by atoms with Gasteiger partial charge in [-0.1, -0.05) is 39.8 Å². The van der Waals surface area contributed by atoms with E-state index >= 15 is 0 Å². The summed E-state index contributed by atoms with van der Waals surface area (Å²) in [4.78, 5) is 28.6.